The van der Waals surface area contributed by atoms with Crippen LogP contribution in [0.15, 0.2) is 60.7 Å². The fraction of sp³-hybridized carbons (Fsp3) is 0.429. The molecule has 1 heterocycles. The molecule has 1 fully saturated rings. The predicted octanol–water partition coefficient (Wildman–Crippen LogP) is 6.53. The van der Waals surface area contributed by atoms with E-state index in [0.717, 1.165) is 0 Å². The number of hydrogen-bond acceptors (Lipinski definition) is 0. The van der Waals surface area contributed by atoms with Gasteiger partial charge in [-0.25, -0.2) is 0 Å². The Balaban J connectivity index is 1.51. The maximum absolute atomic E-state index is 2.32. The van der Waals surface area contributed by atoms with Crippen LogP contribution in [0.1, 0.15) is 30.4 Å². The molecule has 0 radical (unpaired) electrons. The van der Waals surface area contributed by atoms with E-state index in [4.69, 9.17) is 0 Å². The lowest BCUT2D eigenvalue weighted by Crippen LogP contribution is -1.96. The highest BCUT2D eigenvalue weighted by atomic mass is 31.1. The maximum atomic E-state index is 2.32. The lowest BCUT2D eigenvalue weighted by Gasteiger charge is -2.18. The van der Waals surface area contributed by atoms with E-state index in [9.17, 15) is 0 Å². The summed E-state index contributed by atoms with van der Waals surface area (Å²) >= 11 is 0. The third-order valence-electron chi connectivity index (χ3n) is 4.65. The standard InChI is InChI=1S/C21H28P2/c1-3-10-20(11-4-1)18-22-14-7-8-15-23(17-9-16-22)19-21-12-5-2-6-13-21/h1-6,10-13H,7-9,14-19H2. The van der Waals surface area contributed by atoms with E-state index < -0.39 is 0 Å². The van der Waals surface area contributed by atoms with Gasteiger partial charge < -0.3 is 0 Å². The van der Waals surface area contributed by atoms with Crippen LogP contribution < -0.4 is 0 Å². The summed E-state index contributed by atoms with van der Waals surface area (Å²) in [6.45, 7) is 0. The molecule has 1 aliphatic heterocycles. The second-order valence-electron chi connectivity index (χ2n) is 6.58. The minimum atomic E-state index is 0.223. The summed E-state index contributed by atoms with van der Waals surface area (Å²) in [4.78, 5) is 0. The van der Waals surface area contributed by atoms with Crippen molar-refractivity contribution in [1.82, 2.24) is 0 Å². The van der Waals surface area contributed by atoms with Gasteiger partial charge in [0.1, 0.15) is 0 Å². The summed E-state index contributed by atoms with van der Waals surface area (Å²) in [7, 11) is 0.447. The molecule has 1 saturated heterocycles. The fourth-order valence-corrected chi connectivity index (χ4v) is 8.75. The predicted molar refractivity (Wildman–Crippen MR) is 107 cm³/mol. The van der Waals surface area contributed by atoms with Crippen molar-refractivity contribution in [3.8, 4) is 0 Å². The average molecular weight is 342 g/mol. The molecule has 2 aromatic carbocycles. The SMILES string of the molecule is c1ccc(CP2CCCCP(Cc3ccccc3)CCC2)cc1. The monoisotopic (exact) mass is 342 g/mol. The first-order valence-electron chi connectivity index (χ1n) is 8.93. The van der Waals surface area contributed by atoms with Crippen LogP contribution in [0, 0.1) is 0 Å². The normalized spacial score (nSPS) is 22.8. The van der Waals surface area contributed by atoms with Crippen LogP contribution in [-0.4, -0.2) is 24.6 Å². The summed E-state index contributed by atoms with van der Waals surface area (Å²) < 4.78 is 0. The van der Waals surface area contributed by atoms with E-state index in [1.807, 2.05) is 0 Å². The molecule has 23 heavy (non-hydrogen) atoms. The van der Waals surface area contributed by atoms with Gasteiger partial charge in [0.25, 0.3) is 0 Å². The Labute approximate surface area is 144 Å². The lowest BCUT2D eigenvalue weighted by atomic mass is 10.2. The molecular weight excluding hydrogens is 314 g/mol. The Morgan fingerprint density at radius 3 is 1.35 bits per heavy atom. The number of hydrogen-bond donors (Lipinski definition) is 0. The quantitative estimate of drug-likeness (QED) is 0.554. The molecular formula is C21H28P2. The molecule has 0 bridgehead atoms. The molecule has 122 valence electrons. The van der Waals surface area contributed by atoms with E-state index in [1.54, 1.807) is 11.1 Å². The molecule has 0 spiro atoms. The molecule has 0 N–H and O–H groups in total. The highest BCUT2D eigenvalue weighted by Gasteiger charge is 2.15. The second kappa shape index (κ2) is 9.56. The van der Waals surface area contributed by atoms with E-state index in [2.05, 4.69) is 60.7 Å². The molecule has 0 saturated carbocycles. The fourth-order valence-electron chi connectivity index (χ4n) is 3.41. The van der Waals surface area contributed by atoms with Gasteiger partial charge in [-0.05, 0) is 67.4 Å². The molecule has 2 unspecified atom stereocenters. The van der Waals surface area contributed by atoms with Crippen LogP contribution in [0.5, 0.6) is 0 Å². The van der Waals surface area contributed by atoms with Gasteiger partial charge in [0, 0.05) is 0 Å². The summed E-state index contributed by atoms with van der Waals surface area (Å²) in [6.07, 6.45) is 13.1. The third-order valence-corrected chi connectivity index (χ3v) is 10.1. The van der Waals surface area contributed by atoms with Crippen molar-refractivity contribution in [2.75, 3.05) is 24.6 Å². The zero-order valence-electron chi connectivity index (χ0n) is 14.0. The molecule has 0 aromatic heterocycles. The Kier molecular flexibility index (Phi) is 7.12. The molecule has 2 aromatic rings. The van der Waals surface area contributed by atoms with Crippen molar-refractivity contribution < 1.29 is 0 Å². The number of benzene rings is 2. The average Bonchev–Trinajstić information content (AvgIpc) is 2.70. The van der Waals surface area contributed by atoms with Gasteiger partial charge in [-0.2, -0.15) is 0 Å². The molecule has 2 heteroatoms. The van der Waals surface area contributed by atoms with Crippen molar-refractivity contribution in [3.63, 3.8) is 0 Å². The van der Waals surface area contributed by atoms with Crippen LogP contribution in [0.25, 0.3) is 0 Å². The summed E-state index contributed by atoms with van der Waals surface area (Å²) in [6, 6.07) is 22.3. The molecule has 2 atom stereocenters. The highest BCUT2D eigenvalue weighted by molar-refractivity contribution is 7.58. The lowest BCUT2D eigenvalue weighted by molar-refractivity contribution is 0.894. The molecule has 0 aliphatic carbocycles. The van der Waals surface area contributed by atoms with Crippen molar-refractivity contribution >= 4 is 15.8 Å². The summed E-state index contributed by atoms with van der Waals surface area (Å²) in [5.74, 6) is 0. The van der Waals surface area contributed by atoms with E-state index in [1.165, 1.54) is 56.2 Å². The van der Waals surface area contributed by atoms with Gasteiger partial charge in [0.15, 0.2) is 0 Å². The van der Waals surface area contributed by atoms with Gasteiger partial charge >= 0.3 is 0 Å². The van der Waals surface area contributed by atoms with Crippen molar-refractivity contribution in [2.24, 2.45) is 0 Å². The smallest absolute Gasteiger partial charge is 0.00731 e. The molecule has 1 aliphatic rings. The first-order chi connectivity index (χ1) is 11.4. The largest absolute Gasteiger partial charge is 0.102 e. The Bertz CT molecular complexity index is 501. The first-order valence-corrected chi connectivity index (χ1v) is 12.7. The van der Waals surface area contributed by atoms with Crippen LogP contribution in [0.2, 0.25) is 0 Å². The van der Waals surface area contributed by atoms with Gasteiger partial charge in [-0.1, -0.05) is 60.7 Å². The zero-order valence-corrected chi connectivity index (χ0v) is 15.8. The van der Waals surface area contributed by atoms with Crippen molar-refractivity contribution in [2.45, 2.75) is 31.6 Å². The van der Waals surface area contributed by atoms with Crippen LogP contribution >= 0.6 is 15.8 Å². The summed E-state index contributed by atoms with van der Waals surface area (Å²) in [5, 5.41) is 0. The first kappa shape index (κ1) is 17.1. The number of rotatable bonds is 4. The maximum Gasteiger partial charge on any atom is -0.00731 e. The molecule has 0 amide bonds. The summed E-state index contributed by atoms with van der Waals surface area (Å²) in [5.41, 5.74) is 3.12. The minimum Gasteiger partial charge on any atom is -0.102 e. The third kappa shape index (κ3) is 6.02. The Morgan fingerprint density at radius 2 is 0.913 bits per heavy atom. The molecule has 3 rings (SSSR count). The van der Waals surface area contributed by atoms with Crippen molar-refractivity contribution in [1.29, 1.82) is 0 Å². The van der Waals surface area contributed by atoms with E-state index in [-0.39, 0.29) is 15.8 Å². The topological polar surface area (TPSA) is 0 Å². The Morgan fingerprint density at radius 1 is 0.522 bits per heavy atom. The highest BCUT2D eigenvalue weighted by Crippen LogP contribution is 2.48. The molecule has 0 nitrogen and oxygen atoms in total. The van der Waals surface area contributed by atoms with E-state index >= 15 is 0 Å². The van der Waals surface area contributed by atoms with Crippen LogP contribution in [0.4, 0.5) is 0 Å². The minimum absolute atomic E-state index is 0.223. The van der Waals surface area contributed by atoms with Gasteiger partial charge in [0.05, 0.1) is 0 Å². The van der Waals surface area contributed by atoms with E-state index in [0.29, 0.717) is 0 Å². The zero-order chi connectivity index (χ0) is 15.7. The van der Waals surface area contributed by atoms with Crippen molar-refractivity contribution in [3.05, 3.63) is 71.8 Å². The second-order valence-corrected chi connectivity index (χ2v) is 11.7. The van der Waals surface area contributed by atoms with Gasteiger partial charge in [-0.3, -0.25) is 0 Å². The van der Waals surface area contributed by atoms with Crippen LogP contribution in [-0.2, 0) is 12.3 Å². The van der Waals surface area contributed by atoms with Gasteiger partial charge in [-0.15, -0.1) is 15.8 Å². The Hall–Kier alpha value is -0.700. The van der Waals surface area contributed by atoms with Gasteiger partial charge in [0.2, 0.25) is 0 Å². The van der Waals surface area contributed by atoms with Crippen LogP contribution in [0.3, 0.4) is 0 Å².